The van der Waals surface area contributed by atoms with Gasteiger partial charge in [-0.15, -0.1) is 0 Å². The minimum Gasteiger partial charge on any atom is -0.315 e. The van der Waals surface area contributed by atoms with Gasteiger partial charge in [0, 0.05) is 17.9 Å². The molecular weight excluding hydrogens is 219 g/mol. The number of carbonyl (C=O) groups excluding carboxylic acids is 1. The largest absolute Gasteiger partial charge is 0.315 e. The van der Waals surface area contributed by atoms with Crippen molar-refractivity contribution in [3.63, 3.8) is 0 Å². The summed E-state index contributed by atoms with van der Waals surface area (Å²) in [6.45, 7) is 3.84. The molecule has 0 saturated carbocycles. The molecule has 1 aromatic rings. The number of hydrogen-bond donors (Lipinski definition) is 0. The third-order valence-corrected chi connectivity index (χ3v) is 6.39. The van der Waals surface area contributed by atoms with Crippen molar-refractivity contribution in [1.29, 1.82) is 0 Å². The molecule has 1 fully saturated rings. The van der Waals surface area contributed by atoms with Crippen LogP contribution < -0.4 is 0 Å². The van der Waals surface area contributed by atoms with Crippen LogP contribution in [0.2, 0.25) is 0 Å². The minimum absolute atomic E-state index is 0.0828. The second kappa shape index (κ2) is 4.18. The lowest BCUT2D eigenvalue weighted by Gasteiger charge is -2.13. The quantitative estimate of drug-likeness (QED) is 0.735. The number of aryl methyl sites for hydroxylation is 2. The van der Waals surface area contributed by atoms with Crippen LogP contribution in [0.3, 0.4) is 0 Å². The number of benzene rings is 1. The van der Waals surface area contributed by atoms with Gasteiger partial charge in [0.25, 0.3) is 0 Å². The van der Waals surface area contributed by atoms with E-state index in [9.17, 15) is 9.36 Å². The fraction of sp³-hybridized carbons (Fsp3) is 0.462. The zero-order valence-corrected chi connectivity index (χ0v) is 10.7. The van der Waals surface area contributed by atoms with Crippen molar-refractivity contribution >= 4 is 12.7 Å². The minimum atomic E-state index is -2.58. The van der Waals surface area contributed by atoms with Gasteiger partial charge in [0.05, 0.1) is 0 Å². The average molecular weight is 236 g/mol. The van der Waals surface area contributed by atoms with Crippen molar-refractivity contribution in [2.45, 2.75) is 26.7 Å². The molecule has 1 aromatic carbocycles. The van der Waals surface area contributed by atoms with Gasteiger partial charge in [-0.3, -0.25) is 4.79 Å². The summed E-state index contributed by atoms with van der Waals surface area (Å²) in [7, 11) is -2.58. The van der Waals surface area contributed by atoms with E-state index in [0.29, 0.717) is 17.9 Å². The van der Waals surface area contributed by atoms with Gasteiger partial charge >= 0.3 is 0 Å². The third kappa shape index (κ3) is 1.87. The van der Waals surface area contributed by atoms with Crippen molar-refractivity contribution in [2.75, 3.05) is 12.3 Å². The van der Waals surface area contributed by atoms with E-state index >= 15 is 0 Å². The summed E-state index contributed by atoms with van der Waals surface area (Å²) < 4.78 is 12.5. The molecule has 0 spiro atoms. The molecular formula is C13H17O2P. The summed E-state index contributed by atoms with van der Waals surface area (Å²) >= 11 is 0. The van der Waals surface area contributed by atoms with Crippen LogP contribution in [0.15, 0.2) is 18.2 Å². The van der Waals surface area contributed by atoms with Crippen molar-refractivity contribution < 1.29 is 9.36 Å². The van der Waals surface area contributed by atoms with Crippen molar-refractivity contribution in [1.82, 2.24) is 0 Å². The first kappa shape index (κ1) is 11.6. The first-order chi connectivity index (χ1) is 7.54. The molecule has 0 atom stereocenters. The highest BCUT2D eigenvalue weighted by Crippen LogP contribution is 2.55. The average Bonchev–Trinajstić information content (AvgIpc) is 2.66. The van der Waals surface area contributed by atoms with Gasteiger partial charge in [-0.2, -0.15) is 0 Å². The van der Waals surface area contributed by atoms with Gasteiger partial charge in [0.15, 0.2) is 7.14 Å². The lowest BCUT2D eigenvalue weighted by atomic mass is 10.0. The monoisotopic (exact) mass is 236 g/mol. The Hall–Kier alpha value is -0.880. The van der Waals surface area contributed by atoms with Crippen LogP contribution in [0.4, 0.5) is 0 Å². The first-order valence-corrected chi connectivity index (χ1v) is 7.81. The molecule has 1 heterocycles. The molecule has 2 nitrogen and oxygen atoms in total. The molecule has 0 bridgehead atoms. The first-order valence-electron chi connectivity index (χ1n) is 5.74. The topological polar surface area (TPSA) is 34.1 Å². The molecule has 1 saturated heterocycles. The Bertz CT molecular complexity index is 447. The summed E-state index contributed by atoms with van der Waals surface area (Å²) in [6.07, 6.45) is 3.10. The summed E-state index contributed by atoms with van der Waals surface area (Å²) in [6, 6.07) is 5.77. The molecule has 0 amide bonds. The highest BCUT2D eigenvalue weighted by molar-refractivity contribution is 7.81. The van der Waals surface area contributed by atoms with E-state index in [-0.39, 0.29) is 5.52 Å². The van der Waals surface area contributed by atoms with Gasteiger partial charge in [0.1, 0.15) is 0 Å². The van der Waals surface area contributed by atoms with Crippen LogP contribution >= 0.6 is 7.14 Å². The molecule has 1 aliphatic heterocycles. The maximum atomic E-state index is 12.5. The molecule has 16 heavy (non-hydrogen) atoms. The second-order valence-corrected chi connectivity index (χ2v) is 7.69. The fourth-order valence-corrected chi connectivity index (χ4v) is 5.26. The van der Waals surface area contributed by atoms with Gasteiger partial charge in [0.2, 0.25) is 5.52 Å². The number of hydrogen-bond acceptors (Lipinski definition) is 2. The lowest BCUT2D eigenvalue weighted by molar-refractivity contribution is 0.107. The zero-order chi connectivity index (χ0) is 11.8. The van der Waals surface area contributed by atoms with Crippen molar-refractivity contribution in [3.8, 4) is 0 Å². The molecule has 2 rings (SSSR count). The van der Waals surface area contributed by atoms with Crippen LogP contribution in [-0.4, -0.2) is 17.8 Å². The van der Waals surface area contributed by atoms with E-state index in [0.717, 1.165) is 24.0 Å². The Morgan fingerprint density at radius 3 is 2.12 bits per heavy atom. The smallest absolute Gasteiger partial charge is 0.221 e. The van der Waals surface area contributed by atoms with Gasteiger partial charge < -0.3 is 4.57 Å². The van der Waals surface area contributed by atoms with E-state index in [2.05, 4.69) is 0 Å². The molecule has 3 heteroatoms. The molecule has 0 aliphatic carbocycles. The normalized spacial score (nSPS) is 18.6. The van der Waals surface area contributed by atoms with Crippen LogP contribution in [0.5, 0.6) is 0 Å². The van der Waals surface area contributed by atoms with Gasteiger partial charge in [-0.05, 0) is 37.8 Å². The zero-order valence-electron chi connectivity index (χ0n) is 9.82. The molecule has 0 aromatic heterocycles. The SMILES string of the molecule is Cc1cccc(C)c1C(=O)P1(=O)CCCC1. The Morgan fingerprint density at radius 2 is 1.62 bits per heavy atom. The Labute approximate surface area is 96.4 Å². The molecule has 1 aliphatic rings. The van der Waals surface area contributed by atoms with Gasteiger partial charge in [-0.1, -0.05) is 18.2 Å². The number of rotatable bonds is 2. The predicted molar refractivity (Wildman–Crippen MR) is 66.8 cm³/mol. The maximum Gasteiger partial charge on any atom is 0.221 e. The van der Waals surface area contributed by atoms with E-state index < -0.39 is 7.14 Å². The molecule has 0 radical (unpaired) electrons. The Kier molecular flexibility index (Phi) is 3.03. The molecule has 86 valence electrons. The molecule has 0 N–H and O–H groups in total. The summed E-state index contributed by atoms with van der Waals surface area (Å²) in [4.78, 5) is 12.3. The third-order valence-electron chi connectivity index (χ3n) is 3.35. The summed E-state index contributed by atoms with van der Waals surface area (Å²) in [5.41, 5.74) is 2.52. The van der Waals surface area contributed by atoms with Crippen LogP contribution in [0.1, 0.15) is 34.3 Å². The fourth-order valence-electron chi connectivity index (χ4n) is 2.40. The summed E-state index contributed by atoms with van der Waals surface area (Å²) in [5.74, 6) is 0. The van der Waals surface area contributed by atoms with Crippen molar-refractivity contribution in [2.24, 2.45) is 0 Å². The van der Waals surface area contributed by atoms with Crippen LogP contribution in [0.25, 0.3) is 0 Å². The molecule has 0 unspecified atom stereocenters. The van der Waals surface area contributed by atoms with E-state index in [1.54, 1.807) is 0 Å². The maximum absolute atomic E-state index is 12.5. The second-order valence-electron chi connectivity index (χ2n) is 4.62. The Morgan fingerprint density at radius 1 is 1.12 bits per heavy atom. The predicted octanol–water partition coefficient (Wildman–Crippen LogP) is 3.60. The number of carbonyl (C=O) groups is 1. The van der Waals surface area contributed by atoms with Crippen LogP contribution in [-0.2, 0) is 4.57 Å². The van der Waals surface area contributed by atoms with Crippen LogP contribution in [0, 0.1) is 13.8 Å². The van der Waals surface area contributed by atoms with E-state index in [1.165, 1.54) is 0 Å². The van der Waals surface area contributed by atoms with Gasteiger partial charge in [-0.25, -0.2) is 0 Å². The van der Waals surface area contributed by atoms with E-state index in [1.807, 2.05) is 32.0 Å². The summed E-state index contributed by atoms with van der Waals surface area (Å²) in [5, 5.41) is 0. The highest BCUT2D eigenvalue weighted by atomic mass is 31.2. The van der Waals surface area contributed by atoms with Crippen molar-refractivity contribution in [3.05, 3.63) is 34.9 Å². The Balaban J connectivity index is 2.45. The lowest BCUT2D eigenvalue weighted by Crippen LogP contribution is -2.07. The highest BCUT2D eigenvalue weighted by Gasteiger charge is 2.36. The van der Waals surface area contributed by atoms with E-state index in [4.69, 9.17) is 0 Å². The standard InChI is InChI=1S/C13H17O2P/c1-10-6-5-7-11(2)12(10)13(14)16(15)8-3-4-9-16/h5-7H,3-4,8-9H2,1-2H3.